The average molecular weight is 285 g/mol. The molecule has 7 heteroatoms. The number of nitrogens with zero attached hydrogens (tertiary/aromatic N) is 2. The molecule has 19 heavy (non-hydrogen) atoms. The van der Waals surface area contributed by atoms with Crippen LogP contribution in [-0.2, 0) is 4.79 Å². The summed E-state index contributed by atoms with van der Waals surface area (Å²) >= 11 is 6.07. The number of rotatable bonds is 6. The quantitative estimate of drug-likeness (QED) is 0.416. The van der Waals surface area contributed by atoms with Crippen LogP contribution in [0.2, 0.25) is 5.02 Å². The maximum absolute atomic E-state index is 10.8. The fourth-order valence-corrected chi connectivity index (χ4v) is 1.52. The van der Waals surface area contributed by atoms with Gasteiger partial charge in [0.15, 0.2) is 0 Å². The van der Waals surface area contributed by atoms with E-state index in [2.05, 4.69) is 10.3 Å². The second-order valence-electron chi connectivity index (χ2n) is 4.14. The van der Waals surface area contributed by atoms with Crippen LogP contribution in [0.1, 0.15) is 5.56 Å². The second-order valence-corrected chi connectivity index (χ2v) is 4.55. The van der Waals surface area contributed by atoms with E-state index in [1.807, 2.05) is 19.0 Å². The lowest BCUT2D eigenvalue weighted by atomic mass is 10.2. The summed E-state index contributed by atoms with van der Waals surface area (Å²) in [5.41, 5.74) is 2.18. The molecule has 6 nitrogen and oxygen atoms in total. The van der Waals surface area contributed by atoms with E-state index >= 15 is 0 Å². The summed E-state index contributed by atoms with van der Waals surface area (Å²) in [6.07, 6.45) is 4.28. The first-order chi connectivity index (χ1) is 9.02. The highest BCUT2D eigenvalue weighted by atomic mass is 35.5. The van der Waals surface area contributed by atoms with Gasteiger partial charge in [-0.2, -0.15) is 0 Å². The Morgan fingerprint density at radius 1 is 1.58 bits per heavy atom. The molecule has 1 aromatic heterocycles. The van der Waals surface area contributed by atoms with Gasteiger partial charge in [-0.3, -0.25) is 10.0 Å². The molecule has 0 saturated carbocycles. The van der Waals surface area contributed by atoms with Crippen molar-refractivity contribution in [1.29, 1.82) is 0 Å². The minimum absolute atomic E-state index is 0.477. The summed E-state index contributed by atoms with van der Waals surface area (Å²) in [4.78, 5) is 17.0. The number of amides is 1. The number of anilines is 1. The topological polar surface area (TPSA) is 77.5 Å². The molecule has 0 aliphatic rings. The summed E-state index contributed by atoms with van der Waals surface area (Å²) in [5, 5.41) is 11.9. The highest BCUT2D eigenvalue weighted by molar-refractivity contribution is 6.33. The molecule has 1 heterocycles. The van der Waals surface area contributed by atoms with Crippen LogP contribution in [0, 0.1) is 0 Å². The van der Waals surface area contributed by atoms with Gasteiger partial charge in [-0.15, -0.1) is 0 Å². The normalized spacial score (nSPS) is 11.0. The van der Waals surface area contributed by atoms with Crippen molar-refractivity contribution in [1.82, 2.24) is 15.4 Å². The molecule has 0 aromatic carbocycles. The summed E-state index contributed by atoms with van der Waals surface area (Å²) in [7, 11) is 3.97. The van der Waals surface area contributed by atoms with Gasteiger partial charge in [0.1, 0.15) is 5.82 Å². The number of halogens is 1. The number of nitrogens with one attached hydrogen (secondary N) is 2. The van der Waals surface area contributed by atoms with Crippen molar-refractivity contribution in [2.24, 2.45) is 0 Å². The van der Waals surface area contributed by atoms with Crippen LogP contribution in [0.15, 0.2) is 18.3 Å². The maximum Gasteiger partial charge on any atom is 0.267 e. The largest absolute Gasteiger partial charge is 0.368 e. The van der Waals surface area contributed by atoms with Crippen molar-refractivity contribution in [2.75, 3.05) is 32.5 Å². The lowest BCUT2D eigenvalue weighted by Crippen LogP contribution is -2.21. The van der Waals surface area contributed by atoms with Gasteiger partial charge in [-0.1, -0.05) is 11.6 Å². The third-order valence-corrected chi connectivity index (χ3v) is 2.54. The Labute approximate surface area is 117 Å². The molecule has 0 aliphatic carbocycles. The number of hydrogen-bond donors (Lipinski definition) is 3. The molecule has 1 aromatic rings. The van der Waals surface area contributed by atoms with Crippen molar-refractivity contribution in [2.45, 2.75) is 0 Å². The van der Waals surface area contributed by atoms with Crippen LogP contribution in [0.5, 0.6) is 0 Å². The molecule has 0 unspecified atom stereocenters. The molecular formula is C12H17ClN4O2. The first kappa shape index (κ1) is 15.4. The molecule has 0 saturated heterocycles. The van der Waals surface area contributed by atoms with Gasteiger partial charge >= 0.3 is 0 Å². The monoisotopic (exact) mass is 284 g/mol. The molecule has 0 bridgehead atoms. The number of aromatic nitrogens is 1. The molecule has 0 radical (unpaired) electrons. The first-order valence-electron chi connectivity index (χ1n) is 5.69. The molecule has 0 fully saturated rings. The van der Waals surface area contributed by atoms with Gasteiger partial charge in [0, 0.05) is 25.4 Å². The SMILES string of the molecule is CN(C)CCNc1ncc(/C=C/C(=O)NO)cc1Cl. The van der Waals surface area contributed by atoms with Crippen LogP contribution in [0.3, 0.4) is 0 Å². The Morgan fingerprint density at radius 2 is 2.32 bits per heavy atom. The van der Waals surface area contributed by atoms with E-state index in [1.54, 1.807) is 12.3 Å². The lowest BCUT2D eigenvalue weighted by molar-refractivity contribution is -0.124. The van der Waals surface area contributed by atoms with Crippen LogP contribution in [-0.4, -0.2) is 48.2 Å². The van der Waals surface area contributed by atoms with Crippen molar-refractivity contribution in [3.63, 3.8) is 0 Å². The minimum atomic E-state index is -0.607. The molecule has 1 amide bonds. The molecule has 1 rings (SSSR count). The van der Waals surface area contributed by atoms with Gasteiger partial charge in [0.2, 0.25) is 0 Å². The number of likely N-dealkylation sites (N-methyl/N-ethyl adjacent to an activating group) is 1. The average Bonchev–Trinajstić information content (AvgIpc) is 2.37. The standard InChI is InChI=1S/C12H17ClN4O2/c1-17(2)6-5-14-12-10(13)7-9(8-15-12)3-4-11(18)16-19/h3-4,7-8,19H,5-6H2,1-2H3,(H,14,15)(H,16,18)/b4-3+. The fourth-order valence-electron chi connectivity index (χ4n) is 1.28. The molecule has 0 aliphatic heterocycles. The number of carbonyl (C=O) groups excluding carboxylic acids is 1. The summed E-state index contributed by atoms with van der Waals surface area (Å²) in [5.74, 6) is -0.00316. The highest BCUT2D eigenvalue weighted by Crippen LogP contribution is 2.20. The van der Waals surface area contributed by atoms with Crippen molar-refractivity contribution in [3.05, 3.63) is 28.9 Å². The number of pyridine rings is 1. The predicted octanol–water partition coefficient (Wildman–Crippen LogP) is 1.23. The zero-order chi connectivity index (χ0) is 14.3. The van der Waals surface area contributed by atoms with Gasteiger partial charge in [-0.25, -0.2) is 10.5 Å². The Morgan fingerprint density at radius 3 is 2.89 bits per heavy atom. The van der Waals surface area contributed by atoms with Crippen molar-refractivity contribution < 1.29 is 10.0 Å². The number of hydrogen-bond acceptors (Lipinski definition) is 5. The zero-order valence-corrected chi connectivity index (χ0v) is 11.6. The van der Waals surface area contributed by atoms with E-state index in [0.717, 1.165) is 13.1 Å². The van der Waals surface area contributed by atoms with Gasteiger partial charge in [-0.05, 0) is 31.8 Å². The predicted molar refractivity (Wildman–Crippen MR) is 75.3 cm³/mol. The third kappa shape index (κ3) is 5.69. The van der Waals surface area contributed by atoms with E-state index < -0.39 is 5.91 Å². The van der Waals surface area contributed by atoms with Gasteiger partial charge in [0.25, 0.3) is 5.91 Å². The Kier molecular flexibility index (Phi) is 6.27. The molecule has 3 N–H and O–H groups in total. The first-order valence-corrected chi connectivity index (χ1v) is 6.07. The van der Waals surface area contributed by atoms with Crippen molar-refractivity contribution >= 4 is 29.4 Å². The van der Waals surface area contributed by atoms with E-state index in [-0.39, 0.29) is 0 Å². The summed E-state index contributed by atoms with van der Waals surface area (Å²) < 4.78 is 0. The smallest absolute Gasteiger partial charge is 0.267 e. The van der Waals surface area contributed by atoms with Crippen LogP contribution in [0.25, 0.3) is 6.08 Å². The van der Waals surface area contributed by atoms with Crippen LogP contribution < -0.4 is 10.8 Å². The number of hydroxylamine groups is 1. The van der Waals surface area contributed by atoms with Crippen LogP contribution in [0.4, 0.5) is 5.82 Å². The maximum atomic E-state index is 10.8. The minimum Gasteiger partial charge on any atom is -0.368 e. The zero-order valence-electron chi connectivity index (χ0n) is 10.9. The van der Waals surface area contributed by atoms with E-state index in [9.17, 15) is 4.79 Å². The third-order valence-electron chi connectivity index (χ3n) is 2.25. The Balaban J connectivity index is 2.64. The van der Waals surface area contributed by atoms with Gasteiger partial charge in [0.05, 0.1) is 5.02 Å². The summed E-state index contributed by atoms with van der Waals surface area (Å²) in [6, 6.07) is 1.69. The van der Waals surface area contributed by atoms with E-state index in [4.69, 9.17) is 16.8 Å². The highest BCUT2D eigenvalue weighted by Gasteiger charge is 2.02. The van der Waals surface area contributed by atoms with E-state index in [0.29, 0.717) is 16.4 Å². The van der Waals surface area contributed by atoms with Crippen LogP contribution >= 0.6 is 11.6 Å². The van der Waals surface area contributed by atoms with Gasteiger partial charge < -0.3 is 10.2 Å². The molecule has 0 atom stereocenters. The molecular weight excluding hydrogens is 268 g/mol. The fraction of sp³-hybridized carbons (Fsp3) is 0.333. The molecule has 0 spiro atoms. The van der Waals surface area contributed by atoms with E-state index in [1.165, 1.54) is 17.6 Å². The summed E-state index contributed by atoms with van der Waals surface area (Å²) in [6.45, 7) is 1.61. The Bertz CT molecular complexity index is 463. The second kappa shape index (κ2) is 7.73. The Hall–Kier alpha value is -1.63. The number of carbonyl (C=O) groups is 1. The molecule has 104 valence electrons. The lowest BCUT2D eigenvalue weighted by Gasteiger charge is -2.11. The van der Waals surface area contributed by atoms with Crippen molar-refractivity contribution in [3.8, 4) is 0 Å².